The first kappa shape index (κ1) is 29.4. The van der Waals surface area contributed by atoms with E-state index in [1.54, 1.807) is 20.8 Å². The Bertz CT molecular complexity index is 624. The predicted molar refractivity (Wildman–Crippen MR) is 110 cm³/mol. The third kappa shape index (κ3) is 9.02. The van der Waals surface area contributed by atoms with E-state index >= 15 is 0 Å². The summed E-state index contributed by atoms with van der Waals surface area (Å²) < 4.78 is 53.1. The zero-order valence-electron chi connectivity index (χ0n) is 17.3. The molecule has 0 aliphatic carbocycles. The van der Waals surface area contributed by atoms with Crippen molar-refractivity contribution in [1.82, 2.24) is 4.90 Å². The van der Waals surface area contributed by atoms with Crippen molar-refractivity contribution in [3.05, 3.63) is 23.5 Å². The molecule has 0 saturated carbocycles. The second-order valence-corrected chi connectivity index (χ2v) is 6.89. The molecule has 0 fully saturated rings. The maximum atomic E-state index is 14.1. The molecule has 1 aromatic carbocycles. The summed E-state index contributed by atoms with van der Waals surface area (Å²) in [6, 6.07) is 1.91. The summed E-state index contributed by atoms with van der Waals surface area (Å²) in [4.78, 5) is 13.4. The Balaban J connectivity index is 0. The lowest BCUT2D eigenvalue weighted by atomic mass is 10.1. The molecule has 2 rings (SSSR count). The fourth-order valence-corrected chi connectivity index (χ4v) is 2.18. The molecule has 170 valence electrons. The number of fused-ring (bicyclic) bond motifs is 1. The van der Waals surface area contributed by atoms with Crippen molar-refractivity contribution in [2.45, 2.75) is 67.2 Å². The number of carbonyl (C=O) groups is 1. The average Bonchev–Trinajstić information content (AvgIpc) is 3.02. The van der Waals surface area contributed by atoms with Crippen LogP contribution in [0.3, 0.4) is 0 Å². The molecule has 0 aromatic heterocycles. The summed E-state index contributed by atoms with van der Waals surface area (Å²) in [5, 5.41) is 0. The number of nitrogens with zero attached hydrogens (tertiary/aromatic N) is 1. The molecular weight excluding hydrogens is 411 g/mol. The van der Waals surface area contributed by atoms with E-state index in [-0.39, 0.29) is 19.8 Å². The monoisotopic (exact) mass is 443 g/mol. The van der Waals surface area contributed by atoms with Crippen LogP contribution in [0.15, 0.2) is 12.1 Å². The number of likely N-dealkylation sites (N-methyl/N-ethyl adjacent to an activating group) is 1. The summed E-state index contributed by atoms with van der Waals surface area (Å²) in [6.07, 6.45) is -0.590. The maximum Gasteiger partial charge on any atom is 0.410 e. The molecule has 0 bridgehead atoms. The zero-order valence-corrected chi connectivity index (χ0v) is 18.1. The van der Waals surface area contributed by atoms with Crippen molar-refractivity contribution < 1.29 is 32.2 Å². The molecule has 1 aromatic rings. The zero-order chi connectivity index (χ0) is 22.1. The van der Waals surface area contributed by atoms with Gasteiger partial charge >= 0.3 is 12.7 Å². The van der Waals surface area contributed by atoms with Crippen molar-refractivity contribution >= 4 is 17.7 Å². The smallest absolute Gasteiger partial charge is 0.410 e. The Morgan fingerprint density at radius 2 is 1.86 bits per heavy atom. The first-order valence-corrected chi connectivity index (χ1v) is 9.47. The van der Waals surface area contributed by atoms with Gasteiger partial charge in [0, 0.05) is 18.5 Å². The Morgan fingerprint density at radius 3 is 2.31 bits per heavy atom. The summed E-state index contributed by atoms with van der Waals surface area (Å²) >= 11 is 5.00. The highest BCUT2D eigenvalue weighted by Crippen LogP contribution is 2.41. The van der Waals surface area contributed by atoms with Crippen LogP contribution in [0.1, 0.15) is 60.6 Å². The van der Waals surface area contributed by atoms with E-state index in [9.17, 15) is 18.0 Å². The van der Waals surface area contributed by atoms with Crippen LogP contribution in [0.2, 0.25) is 0 Å². The molecule has 1 amide bonds. The van der Waals surface area contributed by atoms with Crippen molar-refractivity contribution in [3.63, 3.8) is 0 Å². The van der Waals surface area contributed by atoms with E-state index < -0.39 is 35.9 Å². The van der Waals surface area contributed by atoms with Gasteiger partial charge in [0.15, 0.2) is 11.5 Å². The number of benzene rings is 1. The number of alkyl halides is 3. The van der Waals surface area contributed by atoms with Crippen molar-refractivity contribution in [1.29, 1.82) is 0 Å². The van der Waals surface area contributed by atoms with Gasteiger partial charge in [-0.3, -0.25) is 0 Å². The normalized spacial score (nSPS) is 14.1. The van der Waals surface area contributed by atoms with Crippen LogP contribution in [-0.2, 0) is 4.74 Å². The fraction of sp³-hybridized carbons (Fsp3) is 0.650. The summed E-state index contributed by atoms with van der Waals surface area (Å²) in [6.45, 7) is 7.94. The fourth-order valence-electron chi connectivity index (χ4n) is 2.18. The number of amides is 1. The Morgan fingerprint density at radius 1 is 1.34 bits per heavy atom. The minimum Gasteiger partial charge on any atom is -0.487 e. The molecule has 1 atom stereocenters. The third-order valence-electron chi connectivity index (χ3n) is 3.20. The van der Waals surface area contributed by atoms with Gasteiger partial charge < -0.3 is 19.1 Å². The predicted octanol–water partition coefficient (Wildman–Crippen LogP) is 6.63. The third-order valence-corrected chi connectivity index (χ3v) is 3.20. The molecule has 29 heavy (non-hydrogen) atoms. The highest BCUT2D eigenvalue weighted by molar-refractivity contribution is 6.17. The van der Waals surface area contributed by atoms with Crippen LogP contribution in [-0.4, -0.2) is 42.7 Å². The van der Waals surface area contributed by atoms with Crippen LogP contribution in [0.25, 0.3) is 0 Å². The first-order chi connectivity index (χ1) is 13.0. The van der Waals surface area contributed by atoms with Gasteiger partial charge in [-0.05, 0) is 32.9 Å². The van der Waals surface area contributed by atoms with Gasteiger partial charge in [0.05, 0.1) is 6.04 Å². The van der Waals surface area contributed by atoms with E-state index in [0.29, 0.717) is 5.56 Å². The minimum atomic E-state index is -3.14. The highest BCUT2D eigenvalue weighted by Gasteiger charge is 2.35. The van der Waals surface area contributed by atoms with Gasteiger partial charge in [-0.25, -0.2) is 4.79 Å². The minimum absolute atomic E-state index is 0. The number of ether oxygens (including phenoxy) is 3. The molecular formula is C20H33ClF3NO4. The number of hydrogen-bond acceptors (Lipinski definition) is 4. The molecule has 0 spiro atoms. The van der Waals surface area contributed by atoms with Gasteiger partial charge in [0.25, 0.3) is 0 Å². The van der Waals surface area contributed by atoms with E-state index in [0.717, 1.165) is 11.9 Å². The van der Waals surface area contributed by atoms with Gasteiger partial charge in [0.2, 0.25) is 5.82 Å². The maximum absolute atomic E-state index is 14.1. The summed E-state index contributed by atoms with van der Waals surface area (Å²) in [5.74, 6) is -1.08. The SMILES string of the molecule is C.CC.CCCl.CN(C(=O)OC(C)(C)C)C1COc2c1ccc(OC(F)F)c2F. The van der Waals surface area contributed by atoms with Crippen LogP contribution < -0.4 is 9.47 Å². The molecule has 5 nitrogen and oxygen atoms in total. The van der Waals surface area contributed by atoms with Crippen molar-refractivity contribution in [3.8, 4) is 11.5 Å². The van der Waals surface area contributed by atoms with Gasteiger partial charge in [-0.2, -0.15) is 13.2 Å². The number of halogens is 4. The van der Waals surface area contributed by atoms with Crippen molar-refractivity contribution in [2.24, 2.45) is 0 Å². The second-order valence-electron chi connectivity index (χ2n) is 6.36. The van der Waals surface area contributed by atoms with E-state index in [4.69, 9.17) is 21.1 Å². The number of rotatable bonds is 3. The summed E-state index contributed by atoms with van der Waals surface area (Å²) in [5.41, 5.74) is -0.300. The Hall–Kier alpha value is -1.83. The quantitative estimate of drug-likeness (QED) is 0.491. The molecule has 0 N–H and O–H groups in total. The molecule has 1 heterocycles. The van der Waals surface area contributed by atoms with E-state index in [1.165, 1.54) is 18.0 Å². The topological polar surface area (TPSA) is 48.0 Å². The summed E-state index contributed by atoms with van der Waals surface area (Å²) in [7, 11) is 1.50. The van der Waals surface area contributed by atoms with Crippen LogP contribution in [0, 0.1) is 5.82 Å². The van der Waals surface area contributed by atoms with Gasteiger partial charge in [-0.1, -0.05) is 28.2 Å². The van der Waals surface area contributed by atoms with Crippen LogP contribution >= 0.6 is 11.6 Å². The molecule has 9 heteroatoms. The molecule has 1 aliphatic heterocycles. The van der Waals surface area contributed by atoms with Crippen LogP contribution in [0.4, 0.5) is 18.0 Å². The number of carbonyl (C=O) groups excluding carboxylic acids is 1. The van der Waals surface area contributed by atoms with Gasteiger partial charge in [0.1, 0.15) is 12.2 Å². The molecule has 1 aliphatic rings. The lowest BCUT2D eigenvalue weighted by molar-refractivity contribution is -0.0523. The lowest BCUT2D eigenvalue weighted by Gasteiger charge is -2.28. The highest BCUT2D eigenvalue weighted by atomic mass is 35.5. The molecule has 1 unspecified atom stereocenters. The van der Waals surface area contributed by atoms with Crippen molar-refractivity contribution in [2.75, 3.05) is 19.5 Å². The average molecular weight is 444 g/mol. The lowest BCUT2D eigenvalue weighted by Crippen LogP contribution is -2.37. The van der Waals surface area contributed by atoms with E-state index in [2.05, 4.69) is 4.74 Å². The van der Waals surface area contributed by atoms with Crippen LogP contribution in [0.5, 0.6) is 11.5 Å². The van der Waals surface area contributed by atoms with E-state index in [1.807, 2.05) is 20.8 Å². The Labute approximate surface area is 177 Å². The Kier molecular flexibility index (Phi) is 13.6. The first-order valence-electron chi connectivity index (χ1n) is 8.93. The molecule has 0 radical (unpaired) electrons. The largest absolute Gasteiger partial charge is 0.487 e. The van der Waals surface area contributed by atoms with Gasteiger partial charge in [-0.15, -0.1) is 11.6 Å². The standard InChI is InChI=1S/C15H18F3NO4.C2H5Cl.C2H6.CH4/c1-15(2,3)23-14(20)19(4)9-7-21-12-8(9)5-6-10(11(12)16)22-13(17)18;1-2-3;1-2;/h5-6,9,13H,7H2,1-4H3;2H2,1H3;1-2H3;1H4. The number of hydrogen-bond donors (Lipinski definition) is 0. The second kappa shape index (κ2) is 13.4. The molecule has 0 saturated heterocycles.